The number of nitrogens with two attached hydrogens (primary N) is 1. The highest BCUT2D eigenvalue weighted by Crippen LogP contribution is 2.41. The van der Waals surface area contributed by atoms with E-state index >= 15 is 0 Å². The molecule has 8 heteroatoms. The van der Waals surface area contributed by atoms with Crippen LogP contribution in [0.1, 0.15) is 18.0 Å². The topological polar surface area (TPSA) is 93.6 Å². The highest BCUT2D eigenvalue weighted by atomic mass is 32.2. The second-order valence-corrected chi connectivity index (χ2v) is 6.76. The van der Waals surface area contributed by atoms with E-state index in [2.05, 4.69) is 27.3 Å². The largest absolute Gasteiger partial charge is 0.383 e. The zero-order valence-corrected chi connectivity index (χ0v) is 11.4. The molecule has 3 rings (SSSR count). The summed E-state index contributed by atoms with van der Waals surface area (Å²) in [5.74, 6) is 3.93. The van der Waals surface area contributed by atoms with Crippen LogP contribution in [0.25, 0.3) is 11.5 Å². The molecule has 0 aromatic carbocycles. The second kappa shape index (κ2) is 4.85. The Morgan fingerprint density at radius 3 is 3.00 bits per heavy atom. The molecule has 2 atom stereocenters. The number of rotatable bonds is 2. The molecule has 0 aliphatic carbocycles. The van der Waals surface area contributed by atoms with Gasteiger partial charge in [0, 0.05) is 16.8 Å². The minimum atomic E-state index is 0.286. The fourth-order valence-corrected chi connectivity index (χ4v) is 4.52. The lowest BCUT2D eigenvalue weighted by molar-refractivity contribution is 0.422. The molecule has 1 aliphatic heterocycles. The van der Waals surface area contributed by atoms with E-state index in [1.54, 1.807) is 6.20 Å². The summed E-state index contributed by atoms with van der Waals surface area (Å²) in [7, 11) is 0. The van der Waals surface area contributed by atoms with Crippen molar-refractivity contribution in [1.82, 2.24) is 20.3 Å². The van der Waals surface area contributed by atoms with Crippen molar-refractivity contribution in [1.29, 1.82) is 0 Å². The summed E-state index contributed by atoms with van der Waals surface area (Å²) in [5.41, 5.74) is 6.39. The van der Waals surface area contributed by atoms with Crippen molar-refractivity contribution in [3.63, 3.8) is 0 Å². The van der Waals surface area contributed by atoms with Gasteiger partial charge in [0.25, 0.3) is 5.89 Å². The summed E-state index contributed by atoms with van der Waals surface area (Å²) in [5, 5.41) is 11.4. The summed E-state index contributed by atoms with van der Waals surface area (Å²) in [6.07, 6.45) is 1.60. The summed E-state index contributed by atoms with van der Waals surface area (Å²) in [4.78, 5) is 4.44. The number of hydrogen-bond acceptors (Lipinski definition) is 7. The summed E-state index contributed by atoms with van der Waals surface area (Å²) in [6, 6.07) is 0. The minimum absolute atomic E-state index is 0.286. The quantitative estimate of drug-likeness (QED) is 0.870. The maximum Gasteiger partial charge on any atom is 0.263 e. The molecule has 1 fully saturated rings. The molecule has 2 unspecified atom stereocenters. The van der Waals surface area contributed by atoms with Gasteiger partial charge in [0.05, 0.1) is 11.4 Å². The van der Waals surface area contributed by atoms with Gasteiger partial charge < -0.3 is 10.3 Å². The number of thioether (sulfide) groups is 2. The van der Waals surface area contributed by atoms with Gasteiger partial charge in [0.2, 0.25) is 0 Å². The van der Waals surface area contributed by atoms with E-state index < -0.39 is 0 Å². The van der Waals surface area contributed by atoms with Crippen LogP contribution in [0.5, 0.6) is 0 Å². The molecule has 0 amide bonds. The maximum atomic E-state index is 5.73. The van der Waals surface area contributed by atoms with Gasteiger partial charge in [-0.2, -0.15) is 21.8 Å². The van der Waals surface area contributed by atoms with Crippen molar-refractivity contribution >= 4 is 29.3 Å². The Hall–Kier alpha value is -1.15. The molecule has 3 N–H and O–H groups in total. The molecule has 0 spiro atoms. The van der Waals surface area contributed by atoms with Gasteiger partial charge in [-0.25, -0.2) is 0 Å². The lowest BCUT2D eigenvalue weighted by atomic mass is 10.3. The Balaban J connectivity index is 1.87. The zero-order valence-electron chi connectivity index (χ0n) is 9.79. The van der Waals surface area contributed by atoms with Crippen LogP contribution in [0.3, 0.4) is 0 Å². The average Bonchev–Trinajstić information content (AvgIpc) is 2.98. The van der Waals surface area contributed by atoms with Gasteiger partial charge in [-0.1, -0.05) is 12.1 Å². The number of nitrogen functional groups attached to an aromatic ring is 1. The Kier molecular flexibility index (Phi) is 3.21. The molecule has 3 heterocycles. The molecule has 6 nitrogen and oxygen atoms in total. The Morgan fingerprint density at radius 2 is 2.28 bits per heavy atom. The molecular formula is C10H13N5OS2. The maximum absolute atomic E-state index is 5.73. The van der Waals surface area contributed by atoms with Crippen LogP contribution in [-0.4, -0.2) is 37.1 Å². The van der Waals surface area contributed by atoms with Crippen molar-refractivity contribution in [3.05, 3.63) is 12.0 Å². The minimum Gasteiger partial charge on any atom is -0.383 e. The number of nitrogens with one attached hydrogen (secondary N) is 1. The predicted octanol–water partition coefficient (Wildman–Crippen LogP) is 1.95. The molecule has 2 aromatic heterocycles. The average molecular weight is 283 g/mol. The zero-order chi connectivity index (χ0) is 12.5. The molecule has 18 heavy (non-hydrogen) atoms. The Morgan fingerprint density at radius 1 is 1.44 bits per heavy atom. The number of anilines is 1. The van der Waals surface area contributed by atoms with Gasteiger partial charge in [-0.15, -0.1) is 11.8 Å². The van der Waals surface area contributed by atoms with Crippen LogP contribution >= 0.6 is 23.5 Å². The van der Waals surface area contributed by atoms with Crippen LogP contribution in [0, 0.1) is 0 Å². The van der Waals surface area contributed by atoms with E-state index in [0.717, 1.165) is 11.6 Å². The van der Waals surface area contributed by atoms with Crippen LogP contribution in [0.15, 0.2) is 10.7 Å². The molecule has 0 saturated carbocycles. The molecule has 1 saturated heterocycles. The van der Waals surface area contributed by atoms with E-state index in [4.69, 9.17) is 10.3 Å². The van der Waals surface area contributed by atoms with E-state index in [-0.39, 0.29) is 5.25 Å². The number of nitrogens with zero attached hydrogens (tertiary/aromatic N) is 3. The van der Waals surface area contributed by atoms with Crippen LogP contribution < -0.4 is 5.73 Å². The van der Waals surface area contributed by atoms with Gasteiger partial charge in [0.15, 0.2) is 5.82 Å². The highest BCUT2D eigenvalue weighted by molar-refractivity contribution is 8.06. The molecule has 96 valence electrons. The summed E-state index contributed by atoms with van der Waals surface area (Å²) < 4.78 is 5.27. The Bertz CT molecular complexity index is 540. The summed E-state index contributed by atoms with van der Waals surface area (Å²) in [6.45, 7) is 2.20. The van der Waals surface area contributed by atoms with Crippen molar-refractivity contribution in [2.45, 2.75) is 17.4 Å². The smallest absolute Gasteiger partial charge is 0.263 e. The number of H-pyrrole nitrogens is 1. The SMILES string of the molecule is CC1SCCSC1c1noc(-c2cn[nH]c2N)n1. The van der Waals surface area contributed by atoms with E-state index in [9.17, 15) is 0 Å². The first-order valence-corrected chi connectivity index (χ1v) is 7.71. The van der Waals surface area contributed by atoms with Crippen molar-refractivity contribution in [3.8, 4) is 11.5 Å². The summed E-state index contributed by atoms with van der Waals surface area (Å²) >= 11 is 3.82. The third-order valence-electron chi connectivity index (χ3n) is 2.78. The van der Waals surface area contributed by atoms with E-state index in [1.807, 2.05) is 23.5 Å². The van der Waals surface area contributed by atoms with Crippen molar-refractivity contribution in [2.75, 3.05) is 17.2 Å². The normalized spacial score (nSPS) is 24.3. The van der Waals surface area contributed by atoms with Crippen LogP contribution in [0.2, 0.25) is 0 Å². The van der Waals surface area contributed by atoms with Gasteiger partial charge in [-0.3, -0.25) is 5.10 Å². The van der Waals surface area contributed by atoms with Crippen LogP contribution in [-0.2, 0) is 0 Å². The lowest BCUT2D eigenvalue weighted by Crippen LogP contribution is -2.16. The monoisotopic (exact) mass is 283 g/mol. The second-order valence-electron chi connectivity index (χ2n) is 4.02. The third kappa shape index (κ3) is 2.10. The molecular weight excluding hydrogens is 270 g/mol. The number of aromatic nitrogens is 4. The first-order chi connectivity index (χ1) is 8.75. The van der Waals surface area contributed by atoms with Crippen molar-refractivity contribution < 1.29 is 4.52 Å². The van der Waals surface area contributed by atoms with Gasteiger partial charge in [-0.05, 0) is 0 Å². The number of aromatic amines is 1. The molecule has 0 bridgehead atoms. The van der Waals surface area contributed by atoms with Crippen LogP contribution in [0.4, 0.5) is 5.82 Å². The fraction of sp³-hybridized carbons (Fsp3) is 0.500. The first-order valence-electron chi connectivity index (χ1n) is 5.61. The first kappa shape index (κ1) is 11.9. The highest BCUT2D eigenvalue weighted by Gasteiger charge is 2.29. The fourth-order valence-electron chi connectivity index (χ4n) is 1.84. The van der Waals surface area contributed by atoms with Crippen molar-refractivity contribution in [2.24, 2.45) is 0 Å². The Labute approximate surface area is 112 Å². The standard InChI is InChI=1S/C10H13N5OS2/c1-5-7(18-3-2-17-5)9-13-10(16-15-9)6-4-12-14-8(6)11/h4-5,7H,2-3H2,1H3,(H3,11,12,14). The van der Waals surface area contributed by atoms with Gasteiger partial charge in [0.1, 0.15) is 11.4 Å². The van der Waals surface area contributed by atoms with Gasteiger partial charge >= 0.3 is 0 Å². The predicted molar refractivity (Wildman–Crippen MR) is 73.4 cm³/mol. The number of hydrogen-bond donors (Lipinski definition) is 2. The molecule has 0 radical (unpaired) electrons. The van der Waals surface area contributed by atoms with E-state index in [1.165, 1.54) is 5.75 Å². The molecule has 2 aromatic rings. The van der Waals surface area contributed by atoms with E-state index in [0.29, 0.717) is 22.5 Å². The lowest BCUT2D eigenvalue weighted by Gasteiger charge is -2.24. The molecule has 1 aliphatic rings. The third-order valence-corrected chi connectivity index (χ3v) is 5.87.